The average molecular weight is 315 g/mol. The van der Waals surface area contributed by atoms with Gasteiger partial charge in [-0.05, 0) is 12.8 Å². The summed E-state index contributed by atoms with van der Waals surface area (Å²) in [7, 11) is 1.72. The molecule has 0 aliphatic carbocycles. The minimum absolute atomic E-state index is 0.337. The molecule has 0 saturated heterocycles. The van der Waals surface area contributed by atoms with Crippen LogP contribution in [0.15, 0.2) is 12.7 Å². The number of aromatic nitrogens is 6. The molecule has 0 bridgehead atoms. The first-order valence-corrected chi connectivity index (χ1v) is 7.64. The Balaban J connectivity index is 2.38. The average Bonchev–Trinajstić information content (AvgIpc) is 3.09. The molecular formula is C14H21N9. The summed E-state index contributed by atoms with van der Waals surface area (Å²) in [5, 5.41) is 19.8. The molecule has 2 N–H and O–H groups in total. The van der Waals surface area contributed by atoms with Crippen LogP contribution in [0.2, 0.25) is 0 Å². The number of rotatable bonds is 8. The van der Waals surface area contributed by atoms with Gasteiger partial charge in [-0.15, -0.1) is 0 Å². The molecule has 0 unspecified atom stereocenters. The Morgan fingerprint density at radius 2 is 1.87 bits per heavy atom. The number of hydrogen-bond acceptors (Lipinski definition) is 8. The number of hydrogen-bond donors (Lipinski definition) is 2. The van der Waals surface area contributed by atoms with Crippen molar-refractivity contribution in [3.63, 3.8) is 0 Å². The molecule has 23 heavy (non-hydrogen) atoms. The summed E-state index contributed by atoms with van der Waals surface area (Å²) in [6.07, 6.45) is 6.13. The number of anilines is 2. The zero-order chi connectivity index (χ0) is 16.7. The van der Waals surface area contributed by atoms with Gasteiger partial charge in [-0.1, -0.05) is 26.7 Å². The lowest BCUT2D eigenvalue weighted by molar-refractivity contribution is 0.483. The second kappa shape index (κ2) is 7.49. The maximum Gasteiger partial charge on any atom is 0.258 e. The number of nitrogens with zero attached hydrogens (tertiary/aromatic N) is 7. The van der Waals surface area contributed by atoms with Crippen LogP contribution in [-0.4, -0.2) is 42.3 Å². The van der Waals surface area contributed by atoms with Crippen LogP contribution in [0.3, 0.4) is 0 Å². The Morgan fingerprint density at radius 3 is 2.39 bits per heavy atom. The Labute approximate surface area is 135 Å². The molecular weight excluding hydrogens is 294 g/mol. The topological polar surface area (TPSA) is 117 Å². The van der Waals surface area contributed by atoms with Crippen LogP contribution in [0.5, 0.6) is 0 Å². The molecule has 0 atom stereocenters. The highest BCUT2D eigenvalue weighted by Gasteiger charge is 2.29. The molecule has 122 valence electrons. The highest BCUT2D eigenvalue weighted by molar-refractivity contribution is 5.41. The van der Waals surface area contributed by atoms with Gasteiger partial charge in [0.15, 0.2) is 0 Å². The van der Waals surface area contributed by atoms with E-state index in [9.17, 15) is 5.26 Å². The molecule has 0 spiro atoms. The van der Waals surface area contributed by atoms with Crippen molar-refractivity contribution >= 4 is 11.9 Å². The van der Waals surface area contributed by atoms with Gasteiger partial charge in [-0.25, -0.2) is 4.98 Å². The van der Waals surface area contributed by atoms with E-state index in [4.69, 9.17) is 0 Å². The van der Waals surface area contributed by atoms with E-state index in [1.54, 1.807) is 7.05 Å². The Hall–Kier alpha value is -2.76. The van der Waals surface area contributed by atoms with E-state index in [0.29, 0.717) is 17.8 Å². The van der Waals surface area contributed by atoms with Gasteiger partial charge in [0, 0.05) is 7.05 Å². The largest absolute Gasteiger partial charge is 0.357 e. The molecule has 2 rings (SSSR count). The molecule has 9 nitrogen and oxygen atoms in total. The standard InChI is InChI=1S/C14H21N9/c1-4-6-14(8-15,7-5-2)22-12-19-11(16-3)20-13(21-12)23-10-17-9-18-23/h9-10H,4-7H2,1-3H3,(H2,16,19,20,21,22). The molecule has 2 aromatic rings. The maximum absolute atomic E-state index is 9.65. The fourth-order valence-electron chi connectivity index (χ4n) is 2.40. The molecule has 2 heterocycles. The van der Waals surface area contributed by atoms with E-state index in [-0.39, 0.29) is 0 Å². The van der Waals surface area contributed by atoms with Crippen LogP contribution >= 0.6 is 0 Å². The van der Waals surface area contributed by atoms with E-state index >= 15 is 0 Å². The molecule has 0 aliphatic rings. The normalized spacial score (nSPS) is 11.0. The van der Waals surface area contributed by atoms with Gasteiger partial charge in [0.05, 0.1) is 6.07 Å². The predicted molar refractivity (Wildman–Crippen MR) is 86.1 cm³/mol. The fourth-order valence-corrected chi connectivity index (χ4v) is 2.40. The highest BCUT2D eigenvalue weighted by atomic mass is 15.4. The van der Waals surface area contributed by atoms with Gasteiger partial charge in [0.2, 0.25) is 11.9 Å². The summed E-state index contributed by atoms with van der Waals surface area (Å²) in [5.74, 6) is 1.08. The third-order valence-electron chi connectivity index (χ3n) is 3.39. The van der Waals surface area contributed by atoms with Crippen molar-refractivity contribution < 1.29 is 0 Å². The smallest absolute Gasteiger partial charge is 0.258 e. The molecule has 0 radical (unpaired) electrons. The van der Waals surface area contributed by atoms with Crippen molar-refractivity contribution in [3.05, 3.63) is 12.7 Å². The van der Waals surface area contributed by atoms with Crippen molar-refractivity contribution in [2.75, 3.05) is 17.7 Å². The quantitative estimate of drug-likeness (QED) is 0.756. The Morgan fingerprint density at radius 1 is 1.17 bits per heavy atom. The Bertz CT molecular complexity index is 653. The van der Waals surface area contributed by atoms with E-state index < -0.39 is 5.54 Å². The zero-order valence-electron chi connectivity index (χ0n) is 13.6. The zero-order valence-corrected chi connectivity index (χ0v) is 13.6. The van der Waals surface area contributed by atoms with Gasteiger partial charge in [-0.2, -0.15) is 30.0 Å². The van der Waals surface area contributed by atoms with Gasteiger partial charge in [0.1, 0.15) is 18.2 Å². The van der Waals surface area contributed by atoms with E-state index in [2.05, 4.69) is 55.6 Å². The first-order chi connectivity index (χ1) is 11.2. The van der Waals surface area contributed by atoms with Crippen molar-refractivity contribution in [3.8, 4) is 12.0 Å². The third-order valence-corrected chi connectivity index (χ3v) is 3.39. The van der Waals surface area contributed by atoms with Crippen LogP contribution in [0.4, 0.5) is 11.9 Å². The highest BCUT2D eigenvalue weighted by Crippen LogP contribution is 2.24. The van der Waals surface area contributed by atoms with Crippen LogP contribution in [-0.2, 0) is 0 Å². The van der Waals surface area contributed by atoms with Crippen LogP contribution in [0.1, 0.15) is 39.5 Å². The molecule has 9 heteroatoms. The van der Waals surface area contributed by atoms with Crippen molar-refractivity contribution in [1.29, 1.82) is 5.26 Å². The van der Waals surface area contributed by atoms with Crippen molar-refractivity contribution in [1.82, 2.24) is 29.7 Å². The van der Waals surface area contributed by atoms with Crippen LogP contribution in [0, 0.1) is 11.3 Å². The Kier molecular flexibility index (Phi) is 5.41. The molecule has 2 aromatic heterocycles. The van der Waals surface area contributed by atoms with E-state index in [1.807, 2.05) is 0 Å². The lowest BCUT2D eigenvalue weighted by Crippen LogP contribution is -2.37. The van der Waals surface area contributed by atoms with Gasteiger partial charge in [-0.3, -0.25) is 0 Å². The third kappa shape index (κ3) is 3.91. The summed E-state index contributed by atoms with van der Waals surface area (Å²) >= 11 is 0. The lowest BCUT2D eigenvalue weighted by atomic mass is 9.90. The number of nitriles is 1. The maximum atomic E-state index is 9.65. The molecule has 0 aromatic carbocycles. The van der Waals surface area contributed by atoms with Crippen molar-refractivity contribution in [2.24, 2.45) is 0 Å². The summed E-state index contributed by atoms with van der Waals surface area (Å²) in [4.78, 5) is 16.8. The summed E-state index contributed by atoms with van der Waals surface area (Å²) in [6.45, 7) is 4.10. The summed E-state index contributed by atoms with van der Waals surface area (Å²) in [5.41, 5.74) is -0.685. The lowest BCUT2D eigenvalue weighted by Gasteiger charge is -2.27. The monoisotopic (exact) mass is 315 g/mol. The van der Waals surface area contributed by atoms with Crippen molar-refractivity contribution in [2.45, 2.75) is 45.1 Å². The van der Waals surface area contributed by atoms with Gasteiger partial charge in [0.25, 0.3) is 5.95 Å². The van der Waals surface area contributed by atoms with Crippen LogP contribution < -0.4 is 10.6 Å². The minimum atomic E-state index is -0.685. The van der Waals surface area contributed by atoms with E-state index in [0.717, 1.165) is 25.7 Å². The number of nitrogens with one attached hydrogen (secondary N) is 2. The van der Waals surface area contributed by atoms with E-state index in [1.165, 1.54) is 17.3 Å². The molecule has 0 saturated carbocycles. The molecule has 0 amide bonds. The van der Waals surface area contributed by atoms with Gasteiger partial charge >= 0.3 is 0 Å². The van der Waals surface area contributed by atoms with Crippen LogP contribution in [0.25, 0.3) is 5.95 Å². The van der Waals surface area contributed by atoms with Gasteiger partial charge < -0.3 is 10.6 Å². The minimum Gasteiger partial charge on any atom is -0.357 e. The summed E-state index contributed by atoms with van der Waals surface area (Å²) < 4.78 is 1.45. The first-order valence-electron chi connectivity index (χ1n) is 7.64. The molecule has 0 fully saturated rings. The second-order valence-corrected chi connectivity index (χ2v) is 5.19. The first kappa shape index (κ1) is 16.6. The predicted octanol–water partition coefficient (Wildman–Crippen LogP) is 1.77. The second-order valence-electron chi connectivity index (χ2n) is 5.19. The SMILES string of the molecule is CCCC(C#N)(CCC)Nc1nc(NC)nc(-n2cncn2)n1. The fraction of sp³-hybridized carbons (Fsp3) is 0.571. The molecule has 0 aliphatic heterocycles. The summed E-state index contributed by atoms with van der Waals surface area (Å²) in [6, 6.07) is 2.39.